The number of ether oxygens (including phenoxy) is 1. The van der Waals surface area contributed by atoms with Crippen LogP contribution in [0.2, 0.25) is 5.02 Å². The first kappa shape index (κ1) is 24.8. The number of nitrogens with one attached hydrogen (secondary N) is 1. The summed E-state index contributed by atoms with van der Waals surface area (Å²) in [6.07, 6.45) is 0.878. The van der Waals surface area contributed by atoms with E-state index in [4.69, 9.17) is 16.3 Å². The van der Waals surface area contributed by atoms with E-state index in [9.17, 15) is 27.9 Å². The molecule has 2 N–H and O–H groups in total. The van der Waals surface area contributed by atoms with Gasteiger partial charge in [0.2, 0.25) is 0 Å². The largest absolute Gasteiger partial charge is 0.481 e. The Hall–Kier alpha value is -2.92. The fraction of sp³-hybridized carbons (Fsp3) is 0.417. The van der Waals surface area contributed by atoms with Crippen molar-refractivity contribution in [3.63, 3.8) is 0 Å². The molecular formula is C24H21ClF3N3O4S. The number of rotatable bonds is 6. The Balaban J connectivity index is 1.66. The molecule has 4 atom stereocenters. The molecule has 1 aromatic heterocycles. The van der Waals surface area contributed by atoms with Crippen molar-refractivity contribution in [2.75, 3.05) is 7.11 Å². The van der Waals surface area contributed by atoms with Gasteiger partial charge in [-0.1, -0.05) is 17.7 Å². The van der Waals surface area contributed by atoms with Gasteiger partial charge in [-0.2, -0.15) is 0 Å². The van der Waals surface area contributed by atoms with E-state index in [-0.39, 0.29) is 41.4 Å². The molecule has 0 amide bonds. The lowest BCUT2D eigenvalue weighted by atomic mass is 9.76. The first-order valence-electron chi connectivity index (χ1n) is 11.2. The summed E-state index contributed by atoms with van der Waals surface area (Å²) in [7, 11) is 1.17. The van der Waals surface area contributed by atoms with Gasteiger partial charge in [0.25, 0.3) is 5.92 Å². The predicted molar refractivity (Wildman–Crippen MR) is 125 cm³/mol. The second-order valence-corrected chi connectivity index (χ2v) is 10.5. The topological polar surface area (TPSA) is 101 Å². The molecule has 190 valence electrons. The van der Waals surface area contributed by atoms with Crippen molar-refractivity contribution in [1.29, 1.82) is 0 Å². The summed E-state index contributed by atoms with van der Waals surface area (Å²) in [5, 5.41) is 15.2. The van der Waals surface area contributed by atoms with Gasteiger partial charge in [0.15, 0.2) is 10.8 Å². The molecule has 12 heteroatoms. The van der Waals surface area contributed by atoms with E-state index >= 15 is 0 Å². The molecular weight excluding hydrogens is 519 g/mol. The number of halogens is 4. The highest BCUT2D eigenvalue weighted by Crippen LogP contribution is 2.66. The monoisotopic (exact) mass is 539 g/mol. The number of nitrogens with zero attached hydrogens (tertiary/aromatic N) is 2. The molecule has 0 radical (unpaired) electrons. The third-order valence-electron chi connectivity index (χ3n) is 7.46. The molecule has 0 spiro atoms. The van der Waals surface area contributed by atoms with Crippen molar-refractivity contribution >= 4 is 40.7 Å². The number of aliphatic imine (C=N–C) groups is 1. The van der Waals surface area contributed by atoms with E-state index in [1.807, 2.05) is 0 Å². The van der Waals surface area contributed by atoms with Crippen molar-refractivity contribution in [3.05, 3.63) is 62.5 Å². The molecule has 1 aliphatic heterocycles. The maximum Gasteiger partial charge on any atom is 0.338 e. The Labute approximate surface area is 213 Å². The van der Waals surface area contributed by atoms with Gasteiger partial charge in [-0.05, 0) is 37.3 Å². The number of carboxylic acids is 1. The summed E-state index contributed by atoms with van der Waals surface area (Å²) < 4.78 is 48.5. The quantitative estimate of drug-likeness (QED) is 0.502. The number of hydrogen-bond acceptors (Lipinski definition) is 7. The molecule has 2 aromatic rings. The highest BCUT2D eigenvalue weighted by atomic mass is 35.5. The number of carboxylic acid groups (broad SMARTS) is 1. The second-order valence-electron chi connectivity index (χ2n) is 9.25. The average molecular weight is 540 g/mol. The number of benzene rings is 1. The van der Waals surface area contributed by atoms with Crippen molar-refractivity contribution in [2.45, 2.75) is 37.6 Å². The number of amidine groups is 1. The minimum absolute atomic E-state index is 0.00136. The Morgan fingerprint density at radius 3 is 2.75 bits per heavy atom. The summed E-state index contributed by atoms with van der Waals surface area (Å²) >= 11 is 7.59. The van der Waals surface area contributed by atoms with E-state index in [0.717, 1.165) is 6.07 Å². The number of methoxy groups -OCH3 is 1. The van der Waals surface area contributed by atoms with Gasteiger partial charge in [0.05, 0.1) is 18.1 Å². The van der Waals surface area contributed by atoms with Crippen LogP contribution in [-0.4, -0.2) is 40.9 Å². The fourth-order valence-corrected chi connectivity index (χ4v) is 6.72. The van der Waals surface area contributed by atoms with Gasteiger partial charge in [0, 0.05) is 40.2 Å². The first-order valence-corrected chi connectivity index (χ1v) is 12.5. The molecule has 2 heterocycles. The number of carbonyl (C=O) groups excluding carboxylic acids is 1. The highest BCUT2D eigenvalue weighted by Gasteiger charge is 2.70. The Kier molecular flexibility index (Phi) is 6.11. The number of carbonyl (C=O) groups is 2. The van der Waals surface area contributed by atoms with Crippen molar-refractivity contribution in [3.8, 4) is 0 Å². The van der Waals surface area contributed by atoms with Gasteiger partial charge >= 0.3 is 11.9 Å². The van der Waals surface area contributed by atoms with Gasteiger partial charge in [-0.3, -0.25) is 9.79 Å². The number of alkyl halides is 2. The number of thiazole rings is 1. The summed E-state index contributed by atoms with van der Waals surface area (Å²) in [5.74, 6) is -7.57. The minimum Gasteiger partial charge on any atom is -0.481 e. The lowest BCUT2D eigenvalue weighted by Crippen LogP contribution is -2.38. The minimum atomic E-state index is -3.13. The second kappa shape index (κ2) is 8.88. The molecule has 5 rings (SSSR count). The smallest absolute Gasteiger partial charge is 0.338 e. The summed E-state index contributed by atoms with van der Waals surface area (Å²) in [4.78, 5) is 34.2. The average Bonchev–Trinajstić information content (AvgIpc) is 3.52. The Morgan fingerprint density at radius 1 is 1.36 bits per heavy atom. The number of allylic oxidation sites excluding steroid dienone is 1. The maximum atomic E-state index is 14.8. The van der Waals surface area contributed by atoms with Gasteiger partial charge in [-0.25, -0.2) is 22.9 Å². The molecule has 1 aromatic carbocycles. The summed E-state index contributed by atoms with van der Waals surface area (Å²) in [5.41, 5.74) is -1.09. The summed E-state index contributed by atoms with van der Waals surface area (Å²) in [6, 6.07) is 2.60. The molecule has 2 saturated carbocycles. The third kappa shape index (κ3) is 3.88. The van der Waals surface area contributed by atoms with Crippen LogP contribution in [0.1, 0.15) is 42.3 Å². The van der Waals surface area contributed by atoms with E-state index in [0.29, 0.717) is 10.6 Å². The zero-order valence-electron chi connectivity index (χ0n) is 18.9. The van der Waals surface area contributed by atoms with Crippen LogP contribution in [0.15, 0.2) is 46.0 Å². The maximum absolute atomic E-state index is 14.8. The van der Waals surface area contributed by atoms with Crippen LogP contribution in [0.25, 0.3) is 0 Å². The van der Waals surface area contributed by atoms with E-state index in [1.54, 1.807) is 11.6 Å². The molecule has 36 heavy (non-hydrogen) atoms. The van der Waals surface area contributed by atoms with Crippen molar-refractivity contribution in [1.82, 2.24) is 10.3 Å². The van der Waals surface area contributed by atoms with Crippen LogP contribution in [0, 0.1) is 23.1 Å². The van der Waals surface area contributed by atoms with Crippen LogP contribution in [-0.2, 0) is 14.3 Å². The number of esters is 1. The molecule has 0 saturated heterocycles. The zero-order chi connectivity index (χ0) is 25.8. The highest BCUT2D eigenvalue weighted by molar-refractivity contribution is 7.11. The van der Waals surface area contributed by atoms with Crippen LogP contribution >= 0.6 is 22.9 Å². The summed E-state index contributed by atoms with van der Waals surface area (Å²) in [6.45, 7) is 0. The molecule has 1 unspecified atom stereocenters. The molecule has 2 fully saturated rings. The Bertz CT molecular complexity index is 1300. The number of aromatic nitrogens is 1. The third-order valence-corrected chi connectivity index (χ3v) is 8.57. The Morgan fingerprint density at radius 2 is 2.14 bits per heavy atom. The lowest BCUT2D eigenvalue weighted by molar-refractivity contribution is -0.153. The number of aliphatic carboxylic acids is 1. The molecule has 2 aliphatic carbocycles. The van der Waals surface area contributed by atoms with Crippen LogP contribution < -0.4 is 5.32 Å². The first-order chi connectivity index (χ1) is 17.1. The fourth-order valence-electron chi connectivity index (χ4n) is 5.86. The van der Waals surface area contributed by atoms with Gasteiger partial charge in [-0.15, -0.1) is 11.3 Å². The van der Waals surface area contributed by atoms with Crippen LogP contribution in [0.3, 0.4) is 0 Å². The molecule has 2 bridgehead atoms. The van der Waals surface area contributed by atoms with E-state index in [2.05, 4.69) is 15.3 Å². The standard InChI is InChI=1S/C24H21ClF3N3O4S/c1-35-21(32)17-16(9-14-13-4-5-23(14,22(33)34)10-24(13,27)28)30-19(20-29-6-7-36-20)31-18(17)12-3-2-11(26)8-15(12)25/h2-3,6-8,13-14,18H,4-5,9-10H2,1H3,(H,30,31)(H,33,34)/t13-,14?,18+,23+/m1/s1. The number of hydrogen-bond donors (Lipinski definition) is 2. The van der Waals surface area contributed by atoms with Gasteiger partial charge in [0.1, 0.15) is 11.9 Å². The van der Waals surface area contributed by atoms with Gasteiger partial charge < -0.3 is 15.2 Å². The zero-order valence-corrected chi connectivity index (χ0v) is 20.5. The number of fused-ring (bicyclic) bond motifs is 2. The normalized spacial score (nSPS) is 28.6. The van der Waals surface area contributed by atoms with Crippen LogP contribution in [0.4, 0.5) is 13.2 Å². The van der Waals surface area contributed by atoms with Crippen LogP contribution in [0.5, 0.6) is 0 Å². The van der Waals surface area contributed by atoms with Crippen molar-refractivity contribution < 1.29 is 32.6 Å². The molecule has 7 nitrogen and oxygen atoms in total. The van der Waals surface area contributed by atoms with E-state index in [1.165, 1.54) is 30.6 Å². The predicted octanol–water partition coefficient (Wildman–Crippen LogP) is 4.98. The molecule has 3 aliphatic rings. The van der Waals surface area contributed by atoms with E-state index < -0.39 is 53.4 Å². The van der Waals surface area contributed by atoms with Crippen molar-refractivity contribution in [2.24, 2.45) is 22.2 Å². The SMILES string of the molecule is COC(=O)C1=C(CC2[C@H]3CC[C@]2(C(=O)O)CC3(F)F)NC(c2nccs2)=N[C@H]1c1ccc(F)cc1Cl. The lowest BCUT2D eigenvalue weighted by Gasteiger charge is -2.31.